The molecule has 5 rings (SSSR count). The molecule has 0 spiro atoms. The van der Waals surface area contributed by atoms with Crippen LogP contribution in [0.2, 0.25) is 0 Å². The van der Waals surface area contributed by atoms with E-state index in [9.17, 15) is 4.79 Å². The van der Waals surface area contributed by atoms with E-state index < -0.39 is 0 Å². The molecule has 1 aromatic heterocycles. The standard InChI is InChI=1S/C28H21NO/c30-28(27(22-14-6-2-7-15-22)23-16-8-3-9-17-23)29-25-19-11-10-18-24(25)20-26(29)21-12-4-1-5-13-21/h1-20,27H. The summed E-state index contributed by atoms with van der Waals surface area (Å²) in [6.07, 6.45) is 0. The highest BCUT2D eigenvalue weighted by Crippen LogP contribution is 2.33. The molecule has 2 nitrogen and oxygen atoms in total. The third-order valence-electron chi connectivity index (χ3n) is 5.51. The minimum Gasteiger partial charge on any atom is -0.279 e. The summed E-state index contributed by atoms with van der Waals surface area (Å²) >= 11 is 0. The average molecular weight is 387 g/mol. The molecular weight excluding hydrogens is 366 g/mol. The Morgan fingerprint density at radius 3 is 1.70 bits per heavy atom. The molecule has 5 aromatic rings. The lowest BCUT2D eigenvalue weighted by Crippen LogP contribution is -2.22. The topological polar surface area (TPSA) is 22.0 Å². The minimum absolute atomic E-state index is 0.0486. The van der Waals surface area contributed by atoms with Crippen LogP contribution in [-0.2, 0) is 0 Å². The number of para-hydroxylation sites is 1. The molecule has 30 heavy (non-hydrogen) atoms. The summed E-state index contributed by atoms with van der Waals surface area (Å²) in [6, 6.07) is 40.4. The molecule has 0 fully saturated rings. The van der Waals surface area contributed by atoms with Crippen LogP contribution in [0.4, 0.5) is 0 Å². The Morgan fingerprint density at radius 1 is 0.600 bits per heavy atom. The first-order valence-electron chi connectivity index (χ1n) is 10.1. The van der Waals surface area contributed by atoms with E-state index in [4.69, 9.17) is 0 Å². The van der Waals surface area contributed by atoms with Crippen LogP contribution >= 0.6 is 0 Å². The first kappa shape index (κ1) is 18.1. The number of nitrogens with zero attached hydrogens (tertiary/aromatic N) is 1. The van der Waals surface area contributed by atoms with Gasteiger partial charge in [0.05, 0.1) is 17.1 Å². The van der Waals surface area contributed by atoms with Crippen LogP contribution in [0.5, 0.6) is 0 Å². The summed E-state index contributed by atoms with van der Waals surface area (Å²) in [5, 5.41) is 1.06. The summed E-state index contributed by atoms with van der Waals surface area (Å²) in [4.78, 5) is 14.2. The van der Waals surface area contributed by atoms with Gasteiger partial charge in [-0.25, -0.2) is 0 Å². The number of aromatic nitrogens is 1. The average Bonchev–Trinajstić information content (AvgIpc) is 3.21. The van der Waals surface area contributed by atoms with Crippen LogP contribution in [0.1, 0.15) is 21.8 Å². The van der Waals surface area contributed by atoms with Gasteiger partial charge in [-0.15, -0.1) is 0 Å². The molecule has 0 aliphatic carbocycles. The Bertz CT molecular complexity index is 1250. The van der Waals surface area contributed by atoms with Gasteiger partial charge in [0.1, 0.15) is 0 Å². The van der Waals surface area contributed by atoms with Crippen molar-refractivity contribution >= 4 is 16.8 Å². The third kappa shape index (κ3) is 3.23. The zero-order valence-corrected chi connectivity index (χ0v) is 16.5. The van der Waals surface area contributed by atoms with Gasteiger partial charge >= 0.3 is 0 Å². The lowest BCUT2D eigenvalue weighted by molar-refractivity contribution is 0.0900. The maximum absolute atomic E-state index is 14.2. The fourth-order valence-electron chi connectivity index (χ4n) is 4.11. The quantitative estimate of drug-likeness (QED) is 0.333. The Morgan fingerprint density at radius 2 is 1.10 bits per heavy atom. The van der Waals surface area contributed by atoms with Crippen LogP contribution in [0.15, 0.2) is 121 Å². The molecular formula is C28H21NO. The van der Waals surface area contributed by atoms with Crippen molar-refractivity contribution < 1.29 is 4.79 Å². The zero-order valence-electron chi connectivity index (χ0n) is 16.5. The second-order valence-corrected chi connectivity index (χ2v) is 7.38. The van der Waals surface area contributed by atoms with Gasteiger partial charge in [-0.05, 0) is 28.8 Å². The van der Waals surface area contributed by atoms with Crippen LogP contribution in [0.25, 0.3) is 22.2 Å². The molecule has 0 radical (unpaired) electrons. The first-order chi connectivity index (χ1) is 14.8. The molecule has 144 valence electrons. The molecule has 0 N–H and O–H groups in total. The number of fused-ring (bicyclic) bond motifs is 1. The van der Waals surface area contributed by atoms with Crippen LogP contribution in [0, 0.1) is 0 Å². The highest BCUT2D eigenvalue weighted by atomic mass is 16.2. The first-order valence-corrected chi connectivity index (χ1v) is 10.1. The Labute approximate surface area is 176 Å². The van der Waals surface area contributed by atoms with Gasteiger partial charge < -0.3 is 0 Å². The molecule has 2 heteroatoms. The zero-order chi connectivity index (χ0) is 20.3. The van der Waals surface area contributed by atoms with E-state index in [2.05, 4.69) is 24.3 Å². The van der Waals surface area contributed by atoms with Crippen molar-refractivity contribution in [1.82, 2.24) is 4.57 Å². The van der Waals surface area contributed by atoms with Gasteiger partial charge in [0.25, 0.3) is 0 Å². The lowest BCUT2D eigenvalue weighted by atomic mass is 9.90. The largest absolute Gasteiger partial charge is 0.279 e. The number of carbonyl (C=O) groups excluding carboxylic acids is 1. The van der Waals surface area contributed by atoms with Crippen molar-refractivity contribution in [2.24, 2.45) is 0 Å². The molecule has 0 aliphatic heterocycles. The summed E-state index contributed by atoms with van der Waals surface area (Å²) in [7, 11) is 0. The summed E-state index contributed by atoms with van der Waals surface area (Å²) in [5.41, 5.74) is 4.86. The van der Waals surface area contributed by atoms with Crippen molar-refractivity contribution in [3.05, 3.63) is 132 Å². The Kier molecular flexibility index (Phi) is 4.74. The smallest absolute Gasteiger partial charge is 0.243 e. The van der Waals surface area contributed by atoms with Crippen LogP contribution in [0.3, 0.4) is 0 Å². The number of carbonyl (C=O) groups is 1. The maximum Gasteiger partial charge on any atom is 0.243 e. The predicted octanol–water partition coefficient (Wildman–Crippen LogP) is 6.78. The predicted molar refractivity (Wildman–Crippen MR) is 123 cm³/mol. The van der Waals surface area contributed by atoms with E-state index in [1.807, 2.05) is 102 Å². The fraction of sp³-hybridized carbons (Fsp3) is 0.0357. The second kappa shape index (κ2) is 7.84. The minimum atomic E-state index is -0.384. The van der Waals surface area contributed by atoms with Gasteiger partial charge in [0, 0.05) is 5.39 Å². The number of benzene rings is 4. The molecule has 0 aliphatic rings. The Balaban J connectivity index is 1.75. The molecule has 0 amide bonds. The van der Waals surface area contributed by atoms with E-state index in [0.717, 1.165) is 33.3 Å². The molecule has 0 unspecified atom stereocenters. The van der Waals surface area contributed by atoms with Crippen LogP contribution in [-0.4, -0.2) is 10.5 Å². The van der Waals surface area contributed by atoms with Gasteiger partial charge in [-0.1, -0.05) is 109 Å². The molecule has 0 saturated heterocycles. The molecule has 1 heterocycles. The fourth-order valence-corrected chi connectivity index (χ4v) is 4.11. The maximum atomic E-state index is 14.2. The van der Waals surface area contributed by atoms with Gasteiger partial charge in [-0.3, -0.25) is 9.36 Å². The second-order valence-electron chi connectivity index (χ2n) is 7.38. The van der Waals surface area contributed by atoms with E-state index in [-0.39, 0.29) is 11.8 Å². The van der Waals surface area contributed by atoms with E-state index in [0.29, 0.717) is 0 Å². The van der Waals surface area contributed by atoms with Gasteiger partial charge in [-0.2, -0.15) is 0 Å². The molecule has 0 atom stereocenters. The van der Waals surface area contributed by atoms with Gasteiger partial charge in [0.15, 0.2) is 0 Å². The summed E-state index contributed by atoms with van der Waals surface area (Å²) in [5.74, 6) is -0.335. The highest BCUT2D eigenvalue weighted by Gasteiger charge is 2.27. The van der Waals surface area contributed by atoms with E-state index >= 15 is 0 Å². The highest BCUT2D eigenvalue weighted by molar-refractivity contribution is 6.02. The van der Waals surface area contributed by atoms with Crippen molar-refractivity contribution in [2.45, 2.75) is 5.92 Å². The monoisotopic (exact) mass is 387 g/mol. The number of hydrogen-bond acceptors (Lipinski definition) is 1. The SMILES string of the molecule is O=C(C(c1ccccc1)c1ccccc1)n1c(-c2ccccc2)cc2ccccc21. The number of rotatable bonds is 4. The summed E-state index contributed by atoms with van der Waals surface area (Å²) in [6.45, 7) is 0. The third-order valence-corrected chi connectivity index (χ3v) is 5.51. The summed E-state index contributed by atoms with van der Waals surface area (Å²) < 4.78 is 1.88. The van der Waals surface area contributed by atoms with E-state index in [1.54, 1.807) is 0 Å². The Hall–Kier alpha value is -3.91. The van der Waals surface area contributed by atoms with Crippen LogP contribution < -0.4 is 0 Å². The normalized spacial score (nSPS) is 11.1. The molecule has 0 bridgehead atoms. The lowest BCUT2D eigenvalue weighted by Gasteiger charge is -2.20. The molecule has 4 aromatic carbocycles. The van der Waals surface area contributed by atoms with Crippen molar-refractivity contribution in [2.75, 3.05) is 0 Å². The van der Waals surface area contributed by atoms with E-state index in [1.165, 1.54) is 0 Å². The van der Waals surface area contributed by atoms with Crippen molar-refractivity contribution in [3.63, 3.8) is 0 Å². The molecule has 0 saturated carbocycles. The number of hydrogen-bond donors (Lipinski definition) is 0. The van der Waals surface area contributed by atoms with Crippen molar-refractivity contribution in [1.29, 1.82) is 0 Å². The van der Waals surface area contributed by atoms with Crippen molar-refractivity contribution in [3.8, 4) is 11.3 Å². The van der Waals surface area contributed by atoms with Gasteiger partial charge in [0.2, 0.25) is 5.91 Å².